The van der Waals surface area contributed by atoms with Gasteiger partial charge in [0.05, 0.1) is 12.8 Å². The molecule has 0 saturated carbocycles. The van der Waals surface area contributed by atoms with Gasteiger partial charge in [0.2, 0.25) is 0 Å². The number of nitrogens with zero attached hydrogens (tertiary/aromatic N) is 1. The summed E-state index contributed by atoms with van der Waals surface area (Å²) in [5.41, 5.74) is 1.60. The van der Waals surface area contributed by atoms with Gasteiger partial charge in [-0.3, -0.25) is 0 Å². The third kappa shape index (κ3) is 5.44. The number of methoxy groups -OCH3 is 1. The molecule has 0 spiro atoms. The molecule has 1 atom stereocenters. The van der Waals surface area contributed by atoms with Crippen LogP contribution in [0.3, 0.4) is 0 Å². The number of benzene rings is 1. The van der Waals surface area contributed by atoms with Crippen LogP contribution >= 0.6 is 11.6 Å². The SMILES string of the molecule is COc1c(N2CCCC2)cc(Cl)c(CC(NC(=O)OC(C)(C)C)C(=O)O)c1C. The molecule has 2 rings (SSSR count). The van der Waals surface area contributed by atoms with Gasteiger partial charge >= 0.3 is 12.1 Å². The summed E-state index contributed by atoms with van der Waals surface area (Å²) in [6.07, 6.45) is 1.47. The quantitative estimate of drug-likeness (QED) is 0.739. The second-order valence-electron chi connectivity index (χ2n) is 7.95. The Morgan fingerprint density at radius 1 is 1.32 bits per heavy atom. The highest BCUT2D eigenvalue weighted by Gasteiger charge is 2.28. The van der Waals surface area contributed by atoms with Crippen LogP contribution in [0, 0.1) is 6.92 Å². The molecule has 1 saturated heterocycles. The van der Waals surface area contributed by atoms with Gasteiger partial charge in [0.25, 0.3) is 0 Å². The summed E-state index contributed by atoms with van der Waals surface area (Å²) in [7, 11) is 1.59. The molecular weight excluding hydrogens is 384 g/mol. The summed E-state index contributed by atoms with van der Waals surface area (Å²) in [6, 6.07) is 0.647. The lowest BCUT2D eigenvalue weighted by Crippen LogP contribution is -2.44. The van der Waals surface area contributed by atoms with Crippen molar-refractivity contribution in [3.63, 3.8) is 0 Å². The highest BCUT2D eigenvalue weighted by molar-refractivity contribution is 6.32. The molecule has 2 N–H and O–H groups in total. The monoisotopic (exact) mass is 412 g/mol. The van der Waals surface area contributed by atoms with E-state index in [1.54, 1.807) is 27.9 Å². The normalized spacial score (nSPS) is 15.3. The first-order valence-electron chi connectivity index (χ1n) is 9.36. The number of alkyl carbamates (subject to hydrolysis) is 1. The van der Waals surface area contributed by atoms with Crippen molar-refractivity contribution in [3.8, 4) is 5.75 Å². The molecule has 0 aliphatic carbocycles. The fourth-order valence-corrected chi connectivity index (χ4v) is 3.66. The Kier molecular flexibility index (Phi) is 7.04. The topological polar surface area (TPSA) is 88.1 Å². The van der Waals surface area contributed by atoms with Crippen LogP contribution in [0.4, 0.5) is 10.5 Å². The molecule has 1 aliphatic heterocycles. The van der Waals surface area contributed by atoms with E-state index in [1.807, 2.05) is 13.0 Å². The number of hydrogen-bond acceptors (Lipinski definition) is 5. The zero-order chi connectivity index (χ0) is 21.1. The van der Waals surface area contributed by atoms with E-state index in [0.29, 0.717) is 16.3 Å². The first kappa shape index (κ1) is 22.1. The number of aliphatic carboxylic acids is 1. The largest absolute Gasteiger partial charge is 0.494 e. The summed E-state index contributed by atoms with van der Waals surface area (Å²) < 4.78 is 10.8. The lowest BCUT2D eigenvalue weighted by molar-refractivity contribution is -0.139. The molecule has 1 aromatic rings. The van der Waals surface area contributed by atoms with Crippen LogP contribution in [0.25, 0.3) is 0 Å². The van der Waals surface area contributed by atoms with Gasteiger partial charge in [-0.25, -0.2) is 9.59 Å². The van der Waals surface area contributed by atoms with Crippen LogP contribution in [-0.2, 0) is 16.0 Å². The van der Waals surface area contributed by atoms with Crippen LogP contribution in [0.2, 0.25) is 5.02 Å². The van der Waals surface area contributed by atoms with Crippen molar-refractivity contribution in [2.45, 2.75) is 58.6 Å². The smallest absolute Gasteiger partial charge is 0.408 e. The molecule has 7 nitrogen and oxygen atoms in total. The Bertz CT molecular complexity index is 739. The first-order chi connectivity index (χ1) is 13.0. The third-order valence-electron chi connectivity index (χ3n) is 4.63. The number of carboxylic acids is 1. The van der Waals surface area contributed by atoms with Crippen molar-refractivity contribution >= 4 is 29.4 Å². The van der Waals surface area contributed by atoms with E-state index >= 15 is 0 Å². The second kappa shape index (κ2) is 8.90. The van der Waals surface area contributed by atoms with E-state index in [9.17, 15) is 14.7 Å². The first-order valence-corrected chi connectivity index (χ1v) is 9.74. The van der Waals surface area contributed by atoms with Crippen molar-refractivity contribution in [1.29, 1.82) is 0 Å². The minimum atomic E-state index is -1.17. The minimum Gasteiger partial charge on any atom is -0.494 e. The molecule has 1 aliphatic rings. The minimum absolute atomic E-state index is 0.0237. The molecule has 1 fully saturated rings. The molecular formula is C20H29ClN2O5. The molecule has 28 heavy (non-hydrogen) atoms. The van der Waals surface area contributed by atoms with Gasteiger partial charge in [0.15, 0.2) is 0 Å². The van der Waals surface area contributed by atoms with Crippen LogP contribution in [0.1, 0.15) is 44.7 Å². The van der Waals surface area contributed by atoms with Gasteiger partial charge in [-0.2, -0.15) is 0 Å². The van der Waals surface area contributed by atoms with Crippen LogP contribution in [0.15, 0.2) is 6.07 Å². The van der Waals surface area contributed by atoms with Crippen LogP contribution < -0.4 is 15.0 Å². The van der Waals surface area contributed by atoms with E-state index < -0.39 is 23.7 Å². The van der Waals surface area contributed by atoms with Crippen molar-refractivity contribution in [2.24, 2.45) is 0 Å². The number of halogens is 1. The van der Waals surface area contributed by atoms with Gasteiger partial charge in [-0.15, -0.1) is 0 Å². The fourth-order valence-electron chi connectivity index (χ4n) is 3.34. The number of ether oxygens (including phenoxy) is 2. The van der Waals surface area contributed by atoms with Crippen molar-refractivity contribution < 1.29 is 24.2 Å². The molecule has 1 aromatic carbocycles. The maximum atomic E-state index is 12.0. The second-order valence-corrected chi connectivity index (χ2v) is 8.36. The third-order valence-corrected chi connectivity index (χ3v) is 4.96. The molecule has 8 heteroatoms. The molecule has 0 radical (unpaired) electrons. The summed E-state index contributed by atoms with van der Waals surface area (Å²) in [5, 5.41) is 12.4. The van der Waals surface area contributed by atoms with Crippen molar-refractivity contribution in [2.75, 3.05) is 25.1 Å². The zero-order valence-electron chi connectivity index (χ0n) is 17.1. The molecule has 1 unspecified atom stereocenters. The Hall–Kier alpha value is -2.15. The molecule has 156 valence electrons. The van der Waals surface area contributed by atoms with E-state index in [1.165, 1.54) is 0 Å². The Balaban J connectivity index is 2.29. The van der Waals surface area contributed by atoms with Crippen molar-refractivity contribution in [3.05, 3.63) is 22.2 Å². The number of rotatable bonds is 6. The van der Waals surface area contributed by atoms with Crippen molar-refractivity contribution in [1.82, 2.24) is 5.32 Å². The Labute approximate surface area is 170 Å². The lowest BCUT2D eigenvalue weighted by atomic mass is 9.98. The number of amides is 1. The van der Waals surface area contributed by atoms with Crippen LogP contribution in [-0.4, -0.2) is 49.0 Å². The summed E-state index contributed by atoms with van der Waals surface area (Å²) in [4.78, 5) is 25.9. The lowest BCUT2D eigenvalue weighted by Gasteiger charge is -2.26. The predicted molar refractivity (Wildman–Crippen MR) is 109 cm³/mol. The maximum Gasteiger partial charge on any atom is 0.408 e. The van der Waals surface area contributed by atoms with Gasteiger partial charge in [-0.1, -0.05) is 11.6 Å². The van der Waals surface area contributed by atoms with Gasteiger partial charge in [0.1, 0.15) is 17.4 Å². The predicted octanol–water partition coefficient (Wildman–Crippen LogP) is 3.78. The highest BCUT2D eigenvalue weighted by Crippen LogP contribution is 2.40. The Morgan fingerprint density at radius 3 is 2.43 bits per heavy atom. The highest BCUT2D eigenvalue weighted by atomic mass is 35.5. The Morgan fingerprint density at radius 2 is 1.93 bits per heavy atom. The number of carbonyl (C=O) groups is 2. The molecule has 1 amide bonds. The molecule has 1 heterocycles. The maximum absolute atomic E-state index is 12.0. The molecule has 0 aromatic heterocycles. The number of anilines is 1. The van der Waals surface area contributed by atoms with E-state index in [-0.39, 0.29) is 6.42 Å². The summed E-state index contributed by atoms with van der Waals surface area (Å²) in [6.45, 7) is 8.86. The standard InChI is InChI=1S/C20H29ClN2O5/c1-12-13(10-15(18(24)25)22-19(26)28-20(2,3)4)14(21)11-16(17(12)27-5)23-8-6-7-9-23/h11,15H,6-10H2,1-5H3,(H,22,26)(H,24,25). The number of carbonyl (C=O) groups excluding carboxylic acids is 1. The molecule has 0 bridgehead atoms. The number of nitrogens with one attached hydrogen (secondary N) is 1. The number of carboxylic acid groups (broad SMARTS) is 1. The van der Waals surface area contributed by atoms with Gasteiger partial charge in [0, 0.05) is 24.5 Å². The summed E-state index contributed by atoms with van der Waals surface area (Å²) >= 11 is 6.51. The average molecular weight is 413 g/mol. The van der Waals surface area contributed by atoms with Crippen LogP contribution in [0.5, 0.6) is 5.75 Å². The van der Waals surface area contributed by atoms with Gasteiger partial charge < -0.3 is 24.8 Å². The summed E-state index contributed by atoms with van der Waals surface area (Å²) in [5.74, 6) is -0.480. The number of hydrogen-bond donors (Lipinski definition) is 2. The zero-order valence-corrected chi connectivity index (χ0v) is 17.9. The van der Waals surface area contributed by atoms with E-state index in [2.05, 4.69) is 10.2 Å². The van der Waals surface area contributed by atoms with Gasteiger partial charge in [-0.05, 0) is 57.7 Å². The fraction of sp³-hybridized carbons (Fsp3) is 0.600. The average Bonchev–Trinajstić information content (AvgIpc) is 3.09. The van der Waals surface area contributed by atoms with E-state index in [0.717, 1.165) is 37.2 Å². The van der Waals surface area contributed by atoms with E-state index in [4.69, 9.17) is 21.1 Å².